The van der Waals surface area contributed by atoms with Crippen molar-refractivity contribution >= 4 is 26.9 Å². The molecule has 0 spiro atoms. The second-order valence-corrected chi connectivity index (χ2v) is 10.9. The second kappa shape index (κ2) is 7.59. The Labute approximate surface area is 119 Å². The molecule has 16 heavy (non-hydrogen) atoms. The van der Waals surface area contributed by atoms with Crippen LogP contribution in [0.1, 0.15) is 0 Å². The van der Waals surface area contributed by atoms with Gasteiger partial charge < -0.3 is 19.6 Å². The molecule has 0 radical (unpaired) electrons. The summed E-state index contributed by atoms with van der Waals surface area (Å²) in [5.41, 5.74) is 0. The molecule has 0 atom stereocenters. The van der Waals surface area contributed by atoms with E-state index in [9.17, 15) is 0 Å². The minimum atomic E-state index is 0.575. The minimum absolute atomic E-state index is 0.575. The Morgan fingerprint density at radius 2 is 1.31 bits per heavy atom. The maximum absolute atomic E-state index is 3.11. The topological polar surface area (TPSA) is 13.0 Å². The van der Waals surface area contributed by atoms with Crippen LogP contribution in [0.15, 0.2) is 24.8 Å². The third-order valence-corrected chi connectivity index (χ3v) is 2.24. The van der Waals surface area contributed by atoms with Gasteiger partial charge in [-0.1, -0.05) is 0 Å². The molecule has 2 heterocycles. The number of rotatable bonds is 2. The van der Waals surface area contributed by atoms with E-state index in [0.717, 1.165) is 20.0 Å². The van der Waals surface area contributed by atoms with Crippen molar-refractivity contribution in [2.45, 2.75) is 0 Å². The third kappa shape index (κ3) is 5.09. The van der Waals surface area contributed by atoms with Crippen molar-refractivity contribution in [3.8, 4) is 0 Å². The van der Waals surface area contributed by atoms with Gasteiger partial charge in [0.2, 0.25) is 0 Å². The van der Waals surface area contributed by atoms with E-state index >= 15 is 0 Å². The number of hydrogen-bond acceptors (Lipinski definition) is 4. The molecule has 0 aromatic carbocycles. The van der Waals surface area contributed by atoms with E-state index in [1.54, 1.807) is 0 Å². The van der Waals surface area contributed by atoms with Crippen molar-refractivity contribution in [1.29, 1.82) is 0 Å². The molecule has 0 saturated heterocycles. The van der Waals surface area contributed by atoms with E-state index < -0.39 is 0 Å². The fourth-order valence-corrected chi connectivity index (χ4v) is 1.59. The molecule has 0 saturated carbocycles. The van der Waals surface area contributed by atoms with Gasteiger partial charge in [-0.25, -0.2) is 0 Å². The fraction of sp³-hybridized carbons (Fsp3) is 0.556. The van der Waals surface area contributed by atoms with Crippen LogP contribution in [0.5, 0.6) is 0 Å². The molecule has 0 fully saturated rings. The average molecular weight is 446 g/mol. The van der Waals surface area contributed by atoms with Crippen LogP contribution < -0.4 is 0 Å². The van der Waals surface area contributed by atoms with E-state index in [-0.39, 0.29) is 0 Å². The van der Waals surface area contributed by atoms with Gasteiger partial charge in [0.15, 0.2) is 0 Å². The van der Waals surface area contributed by atoms with Crippen molar-refractivity contribution in [1.82, 2.24) is 19.6 Å². The predicted octanol–water partition coefficient (Wildman–Crippen LogP) is 1.98. The van der Waals surface area contributed by atoms with Gasteiger partial charge in [0.25, 0.3) is 0 Å². The first-order chi connectivity index (χ1) is 7.65. The zero-order valence-corrected chi connectivity index (χ0v) is 14.0. The first kappa shape index (κ1) is 14.4. The van der Waals surface area contributed by atoms with Gasteiger partial charge in [-0.15, -0.1) is 0 Å². The van der Waals surface area contributed by atoms with E-state index in [2.05, 4.69) is 85.4 Å². The van der Waals surface area contributed by atoms with Crippen LogP contribution in [0.4, 0.5) is 0 Å². The summed E-state index contributed by atoms with van der Waals surface area (Å²) in [6.45, 7) is 2.96. The van der Waals surface area contributed by atoms with Gasteiger partial charge in [0.1, 0.15) is 0 Å². The Morgan fingerprint density at radius 1 is 0.938 bits per heavy atom. The summed E-state index contributed by atoms with van der Waals surface area (Å²) in [5.74, 6) is 0. The third-order valence-electron chi connectivity index (χ3n) is 2.24. The molecule has 0 bridgehead atoms. The summed E-state index contributed by atoms with van der Waals surface area (Å²) in [7, 11) is 4.17. The number of nitrogens with zero attached hydrogens (tertiary/aromatic N) is 4. The molecule has 4 nitrogen and oxygen atoms in total. The zero-order chi connectivity index (χ0) is 12.0. The van der Waals surface area contributed by atoms with E-state index in [0.29, 0.717) is 13.9 Å². The van der Waals surface area contributed by atoms with Gasteiger partial charge >= 0.3 is 40.8 Å². The molecule has 0 N–H and O–H groups in total. The van der Waals surface area contributed by atoms with E-state index in [1.807, 2.05) is 0 Å². The Kier molecular flexibility index (Phi) is 6.82. The molecule has 2 rings (SSSR count). The molecule has 7 heteroatoms. The summed E-state index contributed by atoms with van der Waals surface area (Å²) >= 11 is 6.80. The monoisotopic (exact) mass is 444 g/mol. The van der Waals surface area contributed by atoms with Crippen molar-refractivity contribution in [2.24, 2.45) is 0 Å². The Bertz CT molecular complexity index is 238. The van der Waals surface area contributed by atoms with Crippen molar-refractivity contribution < 1.29 is 13.9 Å². The van der Waals surface area contributed by atoms with E-state index in [1.165, 1.54) is 0 Å². The molecular weight excluding hydrogens is 430 g/mol. The summed E-state index contributed by atoms with van der Waals surface area (Å²) in [6, 6.07) is 0. The van der Waals surface area contributed by atoms with Crippen LogP contribution in [0.25, 0.3) is 0 Å². The first-order valence-corrected chi connectivity index (χ1v) is 11.8. The number of halogens is 2. The molecule has 0 aromatic heterocycles. The number of hydrogen-bond donors (Lipinski definition) is 0. The van der Waals surface area contributed by atoms with Crippen LogP contribution in [-0.4, -0.2) is 53.7 Å². The SMILES string of the molecule is CN1C=CN(CN2C=CN(C)C2)C1.[Br][Pd][Br]. The quantitative estimate of drug-likeness (QED) is 0.602. The summed E-state index contributed by atoms with van der Waals surface area (Å²) in [6.07, 6.45) is 8.46. The molecule has 2 aliphatic rings. The molecule has 2 aliphatic heterocycles. The first-order valence-electron chi connectivity index (χ1n) is 4.73. The molecule has 0 aliphatic carbocycles. The van der Waals surface area contributed by atoms with Crippen LogP contribution in [0, 0.1) is 0 Å². The Hall–Kier alpha value is 0.302. The summed E-state index contributed by atoms with van der Waals surface area (Å²) in [4.78, 5) is 8.90. The van der Waals surface area contributed by atoms with Crippen LogP contribution in [0.2, 0.25) is 0 Å². The Morgan fingerprint density at radius 3 is 1.56 bits per heavy atom. The fourth-order valence-electron chi connectivity index (χ4n) is 1.59. The van der Waals surface area contributed by atoms with Gasteiger partial charge in [0.05, 0.1) is 20.0 Å². The van der Waals surface area contributed by atoms with Gasteiger partial charge in [-0.05, 0) is 0 Å². The summed E-state index contributed by atoms with van der Waals surface area (Å²) < 4.78 is 0. The van der Waals surface area contributed by atoms with Crippen molar-refractivity contribution in [3.05, 3.63) is 24.8 Å². The molecule has 0 amide bonds. The predicted molar refractivity (Wildman–Crippen MR) is 69.9 cm³/mol. The Balaban J connectivity index is 0.000000386. The molecule has 0 unspecified atom stereocenters. The average Bonchev–Trinajstić information content (AvgIpc) is 2.78. The normalized spacial score (nSPS) is 18.5. The van der Waals surface area contributed by atoms with Crippen molar-refractivity contribution in [3.63, 3.8) is 0 Å². The van der Waals surface area contributed by atoms with Crippen molar-refractivity contribution in [2.75, 3.05) is 34.1 Å². The summed E-state index contributed by atoms with van der Waals surface area (Å²) in [5, 5.41) is 0. The van der Waals surface area contributed by atoms with Crippen LogP contribution in [0.3, 0.4) is 0 Å². The standard InChI is InChI=1S/C9H16N4.2BrH.Pd/c1-10-3-5-12(7-10)9-13-6-4-11(2)8-13;;;/h3-6H,7-9H2,1-2H3;2*1H;/q;;;+2/p-2. The van der Waals surface area contributed by atoms with Crippen LogP contribution in [-0.2, 0) is 13.9 Å². The maximum atomic E-state index is 3.11. The van der Waals surface area contributed by atoms with E-state index in [4.69, 9.17) is 0 Å². The van der Waals surface area contributed by atoms with Crippen LogP contribution >= 0.6 is 26.9 Å². The van der Waals surface area contributed by atoms with Gasteiger partial charge in [0, 0.05) is 38.9 Å². The second-order valence-electron chi connectivity index (χ2n) is 3.76. The van der Waals surface area contributed by atoms with Gasteiger partial charge in [-0.3, -0.25) is 0 Å². The molecule has 0 aromatic rings. The molecular formula is C9H16Br2N4Pd. The van der Waals surface area contributed by atoms with Gasteiger partial charge in [-0.2, -0.15) is 0 Å². The zero-order valence-electron chi connectivity index (χ0n) is 9.29. The molecule has 96 valence electrons.